The van der Waals surface area contributed by atoms with E-state index < -0.39 is 0 Å². The van der Waals surface area contributed by atoms with Crippen LogP contribution in [0.3, 0.4) is 0 Å². The highest BCUT2D eigenvalue weighted by atomic mass is 79.9. The number of benzene rings is 3. The Morgan fingerprint density at radius 1 is 0.815 bits per heavy atom. The summed E-state index contributed by atoms with van der Waals surface area (Å²) in [6.45, 7) is 1.96. The zero-order chi connectivity index (χ0) is 19.4. The van der Waals surface area contributed by atoms with Gasteiger partial charge in [-0.05, 0) is 64.8 Å². The second-order valence-electron chi connectivity index (χ2n) is 5.95. The molecule has 0 saturated carbocycles. The third-order valence-corrected chi connectivity index (χ3v) is 4.93. The van der Waals surface area contributed by atoms with E-state index in [2.05, 4.69) is 42.5 Å². The van der Waals surface area contributed by atoms with Crippen LogP contribution in [0, 0.1) is 6.92 Å². The molecule has 3 aromatic carbocycles. The number of carbonyl (C=O) groups is 2. The Kier molecular flexibility index (Phi) is 6.08. The van der Waals surface area contributed by atoms with Crippen LogP contribution in [-0.4, -0.2) is 11.8 Å². The number of rotatable bonds is 4. The maximum atomic E-state index is 12.9. The van der Waals surface area contributed by atoms with Gasteiger partial charge >= 0.3 is 0 Å². The first-order valence-corrected chi connectivity index (χ1v) is 9.76. The lowest BCUT2D eigenvalue weighted by atomic mass is 10.1. The lowest BCUT2D eigenvalue weighted by molar-refractivity contribution is 0.102. The average molecular weight is 488 g/mol. The Labute approximate surface area is 174 Å². The van der Waals surface area contributed by atoms with Crippen LogP contribution >= 0.6 is 31.9 Å². The number of halogens is 2. The fourth-order valence-electron chi connectivity index (χ4n) is 2.58. The predicted octanol–water partition coefficient (Wildman–Crippen LogP) is 6.02. The normalized spacial score (nSPS) is 10.3. The van der Waals surface area contributed by atoms with E-state index in [9.17, 15) is 9.59 Å². The van der Waals surface area contributed by atoms with Crippen LogP contribution in [0.5, 0.6) is 0 Å². The van der Waals surface area contributed by atoms with E-state index in [4.69, 9.17) is 0 Å². The number of carbonyl (C=O) groups excluding carboxylic acids is 2. The molecule has 2 N–H and O–H groups in total. The van der Waals surface area contributed by atoms with Gasteiger partial charge in [-0.2, -0.15) is 0 Å². The van der Waals surface area contributed by atoms with Crippen molar-refractivity contribution in [1.82, 2.24) is 0 Å². The van der Waals surface area contributed by atoms with Crippen molar-refractivity contribution in [2.75, 3.05) is 10.6 Å². The van der Waals surface area contributed by atoms with Crippen molar-refractivity contribution >= 4 is 55.0 Å². The van der Waals surface area contributed by atoms with Gasteiger partial charge in [0.2, 0.25) is 0 Å². The van der Waals surface area contributed by atoms with Gasteiger partial charge in [0.25, 0.3) is 11.8 Å². The van der Waals surface area contributed by atoms with Gasteiger partial charge in [0, 0.05) is 20.2 Å². The summed E-state index contributed by atoms with van der Waals surface area (Å²) in [4.78, 5) is 25.4. The summed E-state index contributed by atoms with van der Waals surface area (Å²) in [6.07, 6.45) is 0. The van der Waals surface area contributed by atoms with Crippen molar-refractivity contribution < 1.29 is 9.59 Å². The topological polar surface area (TPSA) is 58.2 Å². The quantitative estimate of drug-likeness (QED) is 0.472. The Hall–Kier alpha value is -2.44. The van der Waals surface area contributed by atoms with Crippen LogP contribution < -0.4 is 10.6 Å². The van der Waals surface area contributed by atoms with Gasteiger partial charge in [0.1, 0.15) is 0 Å². The van der Waals surface area contributed by atoms with Crippen LogP contribution in [0.15, 0.2) is 75.7 Å². The van der Waals surface area contributed by atoms with Gasteiger partial charge in [-0.15, -0.1) is 0 Å². The molecule has 0 aliphatic rings. The molecule has 0 spiro atoms. The molecule has 0 saturated heterocycles. The van der Waals surface area contributed by atoms with Crippen molar-refractivity contribution in [2.45, 2.75) is 6.92 Å². The number of hydrogen-bond acceptors (Lipinski definition) is 2. The van der Waals surface area contributed by atoms with Gasteiger partial charge in [0.15, 0.2) is 0 Å². The first-order valence-electron chi connectivity index (χ1n) is 8.17. The lowest BCUT2D eigenvalue weighted by Crippen LogP contribution is -2.19. The minimum Gasteiger partial charge on any atom is -0.322 e. The van der Waals surface area contributed by atoms with Crippen molar-refractivity contribution in [3.05, 3.63) is 92.4 Å². The number of aryl methyl sites for hydroxylation is 1. The fourth-order valence-corrected chi connectivity index (χ4v) is 3.90. The molecule has 2 amide bonds. The molecule has 0 atom stereocenters. The van der Waals surface area contributed by atoms with Crippen LogP contribution in [0.4, 0.5) is 11.4 Å². The van der Waals surface area contributed by atoms with Gasteiger partial charge in [-0.1, -0.05) is 46.3 Å². The zero-order valence-electron chi connectivity index (χ0n) is 14.4. The first-order chi connectivity index (χ1) is 12.9. The minimum absolute atomic E-state index is 0.289. The number of anilines is 2. The summed E-state index contributed by atoms with van der Waals surface area (Å²) in [5.74, 6) is -0.603. The van der Waals surface area contributed by atoms with E-state index in [-0.39, 0.29) is 11.8 Å². The van der Waals surface area contributed by atoms with Crippen LogP contribution in [0.2, 0.25) is 0 Å². The van der Waals surface area contributed by atoms with Gasteiger partial charge in [0.05, 0.1) is 11.3 Å². The minimum atomic E-state index is -0.314. The third kappa shape index (κ3) is 4.84. The van der Waals surface area contributed by atoms with E-state index in [1.807, 2.05) is 37.3 Å². The fraction of sp³-hybridized carbons (Fsp3) is 0.0476. The molecular formula is C21H16Br2N2O2. The molecule has 0 aliphatic heterocycles. The number of amides is 2. The van der Waals surface area contributed by atoms with E-state index >= 15 is 0 Å². The van der Waals surface area contributed by atoms with Crippen LogP contribution in [0.25, 0.3) is 0 Å². The van der Waals surface area contributed by atoms with Crippen molar-refractivity contribution in [3.63, 3.8) is 0 Å². The van der Waals surface area contributed by atoms with E-state index in [0.29, 0.717) is 27.0 Å². The van der Waals surface area contributed by atoms with Gasteiger partial charge in [-0.3, -0.25) is 9.59 Å². The highest BCUT2D eigenvalue weighted by Crippen LogP contribution is 2.32. The molecule has 0 aromatic heterocycles. The second kappa shape index (κ2) is 8.50. The standard InChI is InChI=1S/C21H16Br2N2O2/c1-13-6-5-9-16(10-13)24-21(27)17-11-15(22)12-18(23)19(17)25-20(26)14-7-3-2-4-8-14/h2-12H,1H3,(H,24,27)(H,25,26). The van der Waals surface area contributed by atoms with Crippen molar-refractivity contribution in [3.8, 4) is 0 Å². The third-order valence-electron chi connectivity index (χ3n) is 3.85. The maximum absolute atomic E-state index is 12.9. The summed E-state index contributed by atoms with van der Waals surface area (Å²) in [7, 11) is 0. The first kappa shape index (κ1) is 19.3. The molecule has 27 heavy (non-hydrogen) atoms. The van der Waals surface area contributed by atoms with E-state index in [1.165, 1.54) is 0 Å². The molecule has 0 unspecified atom stereocenters. The highest BCUT2D eigenvalue weighted by Gasteiger charge is 2.18. The number of hydrogen-bond donors (Lipinski definition) is 2. The molecule has 136 valence electrons. The molecule has 4 nitrogen and oxygen atoms in total. The summed E-state index contributed by atoms with van der Waals surface area (Å²) in [5, 5.41) is 5.71. The Balaban J connectivity index is 1.92. The second-order valence-corrected chi connectivity index (χ2v) is 7.72. The van der Waals surface area contributed by atoms with Crippen LogP contribution in [-0.2, 0) is 0 Å². The van der Waals surface area contributed by atoms with Crippen molar-refractivity contribution in [1.29, 1.82) is 0 Å². The smallest absolute Gasteiger partial charge is 0.257 e. The molecule has 0 aliphatic carbocycles. The summed E-state index contributed by atoms with van der Waals surface area (Å²) >= 11 is 6.84. The number of nitrogens with one attached hydrogen (secondary N) is 2. The zero-order valence-corrected chi connectivity index (χ0v) is 17.6. The molecule has 0 radical (unpaired) electrons. The predicted molar refractivity (Wildman–Crippen MR) is 115 cm³/mol. The van der Waals surface area contributed by atoms with Crippen LogP contribution in [0.1, 0.15) is 26.3 Å². The molecule has 6 heteroatoms. The maximum Gasteiger partial charge on any atom is 0.257 e. The largest absolute Gasteiger partial charge is 0.322 e. The Morgan fingerprint density at radius 2 is 1.56 bits per heavy atom. The molecule has 3 rings (SSSR count). The molecule has 0 bridgehead atoms. The summed E-state index contributed by atoms with van der Waals surface area (Å²) < 4.78 is 1.33. The van der Waals surface area contributed by atoms with Gasteiger partial charge in [-0.25, -0.2) is 0 Å². The molecule has 0 heterocycles. The van der Waals surface area contributed by atoms with Crippen molar-refractivity contribution in [2.24, 2.45) is 0 Å². The molecule has 0 fully saturated rings. The average Bonchev–Trinajstić information content (AvgIpc) is 2.64. The summed E-state index contributed by atoms with van der Waals surface area (Å²) in [5.41, 5.74) is 3.01. The monoisotopic (exact) mass is 486 g/mol. The van der Waals surface area contributed by atoms with E-state index in [1.54, 1.807) is 36.4 Å². The molecule has 3 aromatic rings. The van der Waals surface area contributed by atoms with Gasteiger partial charge < -0.3 is 10.6 Å². The SMILES string of the molecule is Cc1cccc(NC(=O)c2cc(Br)cc(Br)c2NC(=O)c2ccccc2)c1. The Morgan fingerprint density at radius 3 is 2.26 bits per heavy atom. The summed E-state index contributed by atoms with van der Waals surface area (Å²) in [6, 6.07) is 19.8. The van der Waals surface area contributed by atoms with E-state index in [0.717, 1.165) is 10.0 Å². The molecular weight excluding hydrogens is 472 g/mol. The lowest BCUT2D eigenvalue weighted by Gasteiger charge is -2.14. The highest BCUT2D eigenvalue weighted by molar-refractivity contribution is 9.11. The Bertz CT molecular complexity index is 1000.